The molecule has 2 aliphatic rings. The lowest BCUT2D eigenvalue weighted by molar-refractivity contribution is -0.139. The standard InChI is InChI=1S/C14H25N3O4/c1-2-16(11-3-4-11)6-5-15-14(20)17-7-8-21-10-12(17)9-13(18)19/h11-12H,2-10H2,1H3,(H,15,20)(H,18,19). The van der Waals surface area contributed by atoms with Gasteiger partial charge in [0.15, 0.2) is 0 Å². The number of nitrogens with zero attached hydrogens (tertiary/aromatic N) is 2. The van der Waals surface area contributed by atoms with Crippen LogP contribution in [0.5, 0.6) is 0 Å². The van der Waals surface area contributed by atoms with Crippen molar-refractivity contribution in [3.8, 4) is 0 Å². The van der Waals surface area contributed by atoms with Gasteiger partial charge in [0, 0.05) is 25.7 Å². The number of carbonyl (C=O) groups is 2. The topological polar surface area (TPSA) is 82.1 Å². The van der Waals surface area contributed by atoms with E-state index in [1.54, 1.807) is 4.90 Å². The van der Waals surface area contributed by atoms with Crippen LogP contribution in [0.4, 0.5) is 4.79 Å². The van der Waals surface area contributed by atoms with Gasteiger partial charge in [-0.1, -0.05) is 6.92 Å². The second-order valence-corrected chi connectivity index (χ2v) is 5.61. The van der Waals surface area contributed by atoms with E-state index in [1.807, 2.05) is 0 Å². The fourth-order valence-corrected chi connectivity index (χ4v) is 2.74. The van der Waals surface area contributed by atoms with Crippen LogP contribution in [-0.4, -0.2) is 78.4 Å². The van der Waals surface area contributed by atoms with E-state index in [-0.39, 0.29) is 18.5 Å². The Morgan fingerprint density at radius 1 is 1.43 bits per heavy atom. The van der Waals surface area contributed by atoms with E-state index in [4.69, 9.17) is 9.84 Å². The van der Waals surface area contributed by atoms with Gasteiger partial charge in [0.2, 0.25) is 0 Å². The van der Waals surface area contributed by atoms with E-state index in [0.717, 1.165) is 13.1 Å². The van der Waals surface area contributed by atoms with Crippen molar-refractivity contribution in [3.63, 3.8) is 0 Å². The van der Waals surface area contributed by atoms with E-state index in [9.17, 15) is 9.59 Å². The lowest BCUT2D eigenvalue weighted by atomic mass is 10.1. The molecule has 0 aromatic rings. The van der Waals surface area contributed by atoms with Gasteiger partial charge in [-0.2, -0.15) is 0 Å². The van der Waals surface area contributed by atoms with Gasteiger partial charge < -0.3 is 20.1 Å². The smallest absolute Gasteiger partial charge is 0.317 e. The van der Waals surface area contributed by atoms with Crippen molar-refractivity contribution in [2.75, 3.05) is 39.4 Å². The molecule has 0 spiro atoms. The Morgan fingerprint density at radius 2 is 2.19 bits per heavy atom. The number of nitrogens with one attached hydrogen (secondary N) is 1. The Bertz CT molecular complexity index is 373. The normalized spacial score (nSPS) is 22.4. The van der Waals surface area contributed by atoms with Crippen molar-refractivity contribution >= 4 is 12.0 Å². The van der Waals surface area contributed by atoms with Crippen molar-refractivity contribution < 1.29 is 19.4 Å². The van der Waals surface area contributed by atoms with Crippen LogP contribution in [0, 0.1) is 0 Å². The van der Waals surface area contributed by atoms with E-state index < -0.39 is 5.97 Å². The highest BCUT2D eigenvalue weighted by molar-refractivity contribution is 5.76. The molecule has 1 saturated heterocycles. The molecular weight excluding hydrogens is 274 g/mol. The number of amides is 2. The minimum absolute atomic E-state index is 0.0728. The first-order valence-corrected chi connectivity index (χ1v) is 7.70. The van der Waals surface area contributed by atoms with Crippen molar-refractivity contribution in [3.05, 3.63) is 0 Å². The molecule has 7 heteroatoms. The summed E-state index contributed by atoms with van der Waals surface area (Å²) in [4.78, 5) is 27.0. The third kappa shape index (κ3) is 4.86. The molecule has 2 N–H and O–H groups in total. The zero-order valence-electron chi connectivity index (χ0n) is 12.6. The summed E-state index contributed by atoms with van der Waals surface area (Å²) in [7, 11) is 0. The first-order chi connectivity index (χ1) is 10.1. The van der Waals surface area contributed by atoms with Crippen LogP contribution >= 0.6 is 0 Å². The quantitative estimate of drug-likeness (QED) is 0.709. The Labute approximate surface area is 125 Å². The maximum Gasteiger partial charge on any atom is 0.317 e. The minimum Gasteiger partial charge on any atom is -0.481 e. The Morgan fingerprint density at radius 3 is 2.81 bits per heavy atom. The third-order valence-corrected chi connectivity index (χ3v) is 4.04. The number of morpholine rings is 1. The summed E-state index contributed by atoms with van der Waals surface area (Å²) in [6.45, 7) is 5.78. The number of carboxylic acid groups (broad SMARTS) is 1. The molecule has 0 aromatic heterocycles. The molecule has 1 atom stereocenters. The van der Waals surface area contributed by atoms with Gasteiger partial charge in [0.1, 0.15) is 0 Å². The second kappa shape index (κ2) is 7.61. The summed E-state index contributed by atoms with van der Waals surface area (Å²) < 4.78 is 5.27. The van der Waals surface area contributed by atoms with Crippen molar-refractivity contribution in [1.29, 1.82) is 0 Å². The van der Waals surface area contributed by atoms with Crippen molar-refractivity contribution in [1.82, 2.24) is 15.1 Å². The van der Waals surface area contributed by atoms with E-state index >= 15 is 0 Å². The molecule has 2 fully saturated rings. The van der Waals surface area contributed by atoms with Gasteiger partial charge in [-0.3, -0.25) is 9.69 Å². The third-order valence-electron chi connectivity index (χ3n) is 4.04. The van der Waals surface area contributed by atoms with Crippen LogP contribution in [-0.2, 0) is 9.53 Å². The lowest BCUT2D eigenvalue weighted by Gasteiger charge is -2.35. The summed E-state index contributed by atoms with van der Waals surface area (Å²) in [5.74, 6) is -0.908. The number of urea groups is 1. The molecule has 2 rings (SSSR count). The molecule has 1 aliphatic carbocycles. The number of hydrogen-bond acceptors (Lipinski definition) is 4. The van der Waals surface area contributed by atoms with E-state index in [2.05, 4.69) is 17.1 Å². The summed E-state index contributed by atoms with van der Waals surface area (Å²) in [6.07, 6.45) is 2.44. The molecule has 0 bridgehead atoms. The molecule has 120 valence electrons. The van der Waals surface area contributed by atoms with E-state index in [1.165, 1.54) is 12.8 Å². The molecular formula is C14H25N3O4. The number of hydrogen-bond donors (Lipinski definition) is 2. The number of carboxylic acids is 1. The first-order valence-electron chi connectivity index (χ1n) is 7.70. The number of rotatable bonds is 7. The van der Waals surface area contributed by atoms with Gasteiger partial charge in [-0.05, 0) is 19.4 Å². The number of aliphatic carboxylic acids is 1. The van der Waals surface area contributed by atoms with Gasteiger partial charge in [-0.15, -0.1) is 0 Å². The molecule has 21 heavy (non-hydrogen) atoms. The fraction of sp³-hybridized carbons (Fsp3) is 0.857. The highest BCUT2D eigenvalue weighted by Crippen LogP contribution is 2.25. The molecule has 1 saturated carbocycles. The van der Waals surface area contributed by atoms with E-state index in [0.29, 0.717) is 32.3 Å². The van der Waals surface area contributed by atoms with Crippen LogP contribution in [0.1, 0.15) is 26.2 Å². The van der Waals surface area contributed by atoms with Crippen molar-refractivity contribution in [2.24, 2.45) is 0 Å². The maximum atomic E-state index is 12.2. The average Bonchev–Trinajstić information content (AvgIpc) is 3.28. The summed E-state index contributed by atoms with van der Waals surface area (Å²) >= 11 is 0. The summed E-state index contributed by atoms with van der Waals surface area (Å²) in [6, 6.07) is 0.133. The minimum atomic E-state index is -0.908. The van der Waals surface area contributed by atoms with Crippen LogP contribution in [0.25, 0.3) is 0 Å². The highest BCUT2D eigenvalue weighted by Gasteiger charge is 2.30. The van der Waals surface area contributed by atoms with Gasteiger partial charge in [-0.25, -0.2) is 4.79 Å². The summed E-state index contributed by atoms with van der Waals surface area (Å²) in [5.41, 5.74) is 0. The Hall–Kier alpha value is -1.34. The lowest BCUT2D eigenvalue weighted by Crippen LogP contribution is -2.54. The molecule has 0 radical (unpaired) electrons. The van der Waals surface area contributed by atoms with Gasteiger partial charge in [0.25, 0.3) is 0 Å². The predicted molar refractivity (Wildman–Crippen MR) is 77.2 cm³/mol. The highest BCUT2D eigenvalue weighted by atomic mass is 16.5. The molecule has 1 aliphatic heterocycles. The molecule has 1 heterocycles. The average molecular weight is 299 g/mol. The van der Waals surface area contributed by atoms with Crippen LogP contribution in [0.2, 0.25) is 0 Å². The Balaban J connectivity index is 1.75. The maximum absolute atomic E-state index is 12.2. The molecule has 2 amide bonds. The van der Waals surface area contributed by atoms with Crippen LogP contribution in [0.3, 0.4) is 0 Å². The number of carbonyl (C=O) groups excluding carboxylic acids is 1. The number of likely N-dealkylation sites (N-methyl/N-ethyl adjacent to an activating group) is 1. The van der Waals surface area contributed by atoms with Crippen LogP contribution < -0.4 is 5.32 Å². The van der Waals surface area contributed by atoms with Crippen LogP contribution in [0.15, 0.2) is 0 Å². The first kappa shape index (κ1) is 16.0. The second-order valence-electron chi connectivity index (χ2n) is 5.61. The summed E-state index contributed by atoms with van der Waals surface area (Å²) in [5, 5.41) is 11.8. The zero-order chi connectivity index (χ0) is 15.2. The SMILES string of the molecule is CCN(CCNC(=O)N1CCOCC1CC(=O)O)C1CC1. The zero-order valence-corrected chi connectivity index (χ0v) is 12.6. The van der Waals surface area contributed by atoms with Crippen molar-refractivity contribution in [2.45, 2.75) is 38.3 Å². The Kier molecular flexibility index (Phi) is 5.81. The number of ether oxygens (including phenoxy) is 1. The molecule has 0 aromatic carbocycles. The molecule has 1 unspecified atom stereocenters. The largest absolute Gasteiger partial charge is 0.481 e. The predicted octanol–water partition coefficient (Wildman–Crippen LogP) is 0.356. The fourth-order valence-electron chi connectivity index (χ4n) is 2.74. The molecule has 7 nitrogen and oxygen atoms in total. The van der Waals surface area contributed by atoms with Gasteiger partial charge in [0.05, 0.1) is 25.7 Å². The monoisotopic (exact) mass is 299 g/mol. The van der Waals surface area contributed by atoms with Gasteiger partial charge >= 0.3 is 12.0 Å².